The molecular formula is C14H26N2S. The predicted octanol–water partition coefficient (Wildman–Crippen LogP) is 3.58. The van der Waals surface area contributed by atoms with E-state index >= 15 is 0 Å². The zero-order valence-corrected chi connectivity index (χ0v) is 12.6. The van der Waals surface area contributed by atoms with Crippen LogP contribution in [-0.4, -0.2) is 22.1 Å². The Kier molecular flexibility index (Phi) is 5.34. The summed E-state index contributed by atoms with van der Waals surface area (Å²) in [6, 6.07) is 3.06. The lowest BCUT2D eigenvalue weighted by molar-refractivity contribution is 0.414. The molecule has 3 unspecified atom stereocenters. The van der Waals surface area contributed by atoms with Gasteiger partial charge in [0.05, 0.1) is 6.07 Å². The van der Waals surface area contributed by atoms with Crippen molar-refractivity contribution in [2.75, 3.05) is 0 Å². The van der Waals surface area contributed by atoms with Crippen molar-refractivity contribution in [1.82, 2.24) is 5.32 Å². The van der Waals surface area contributed by atoms with Crippen LogP contribution >= 0.6 is 11.8 Å². The molecule has 0 bridgehead atoms. The van der Waals surface area contributed by atoms with Gasteiger partial charge in [0.1, 0.15) is 5.54 Å². The summed E-state index contributed by atoms with van der Waals surface area (Å²) in [5.74, 6) is 0.701. The maximum absolute atomic E-state index is 9.33. The van der Waals surface area contributed by atoms with Gasteiger partial charge >= 0.3 is 0 Å². The minimum atomic E-state index is -0.343. The molecule has 0 radical (unpaired) electrons. The Labute approximate surface area is 111 Å². The van der Waals surface area contributed by atoms with Crippen molar-refractivity contribution in [3.05, 3.63) is 0 Å². The van der Waals surface area contributed by atoms with Gasteiger partial charge in [0, 0.05) is 16.5 Å². The molecule has 0 spiro atoms. The van der Waals surface area contributed by atoms with E-state index in [0.717, 1.165) is 6.42 Å². The monoisotopic (exact) mass is 254 g/mol. The number of hydrogen-bond donors (Lipinski definition) is 1. The highest BCUT2D eigenvalue weighted by Gasteiger charge is 2.34. The van der Waals surface area contributed by atoms with Crippen molar-refractivity contribution in [3.8, 4) is 6.07 Å². The third kappa shape index (κ3) is 5.31. The quantitative estimate of drug-likeness (QED) is 0.754. The van der Waals surface area contributed by atoms with E-state index in [1.54, 1.807) is 0 Å². The zero-order chi connectivity index (χ0) is 13.1. The summed E-state index contributed by atoms with van der Waals surface area (Å²) in [7, 11) is 0. The Bertz CT molecular complexity index is 280. The normalized spacial score (nSPS) is 22.9. The van der Waals surface area contributed by atoms with Gasteiger partial charge in [-0.15, -0.1) is 0 Å². The van der Waals surface area contributed by atoms with Crippen LogP contribution in [0.5, 0.6) is 0 Å². The molecule has 3 heteroatoms. The standard InChI is InChI=1S/C14H26N2S/c1-10(2)12(4)17-11(3)8-14(5,9-15)16-13-6-7-13/h10-13,16H,6-8H2,1-5H3. The van der Waals surface area contributed by atoms with Crippen LogP contribution in [-0.2, 0) is 0 Å². The highest BCUT2D eigenvalue weighted by molar-refractivity contribution is 8.00. The number of rotatable bonds is 7. The average Bonchev–Trinajstić information content (AvgIpc) is 3.00. The van der Waals surface area contributed by atoms with Gasteiger partial charge in [0.15, 0.2) is 0 Å². The highest BCUT2D eigenvalue weighted by Crippen LogP contribution is 2.30. The topological polar surface area (TPSA) is 35.8 Å². The Hall–Kier alpha value is -0.200. The first-order valence-corrected chi connectivity index (χ1v) is 7.65. The molecule has 0 saturated heterocycles. The van der Waals surface area contributed by atoms with Gasteiger partial charge in [-0.05, 0) is 32.1 Å². The third-order valence-corrected chi connectivity index (χ3v) is 5.03. The number of nitriles is 1. The smallest absolute Gasteiger partial charge is 0.105 e. The van der Waals surface area contributed by atoms with E-state index in [0.29, 0.717) is 22.5 Å². The van der Waals surface area contributed by atoms with Crippen LogP contribution in [0.4, 0.5) is 0 Å². The second-order valence-electron chi connectivity index (χ2n) is 5.96. The lowest BCUT2D eigenvalue weighted by atomic mass is 9.98. The highest BCUT2D eigenvalue weighted by atomic mass is 32.2. The molecular weight excluding hydrogens is 228 g/mol. The van der Waals surface area contributed by atoms with Gasteiger partial charge in [-0.3, -0.25) is 5.32 Å². The van der Waals surface area contributed by atoms with Crippen LogP contribution < -0.4 is 5.32 Å². The minimum absolute atomic E-state index is 0.343. The number of nitrogens with one attached hydrogen (secondary N) is 1. The van der Waals surface area contributed by atoms with Crippen molar-refractivity contribution >= 4 is 11.8 Å². The fraction of sp³-hybridized carbons (Fsp3) is 0.929. The fourth-order valence-corrected chi connectivity index (χ4v) is 3.44. The summed E-state index contributed by atoms with van der Waals surface area (Å²) in [4.78, 5) is 0. The van der Waals surface area contributed by atoms with Crippen LogP contribution in [0.25, 0.3) is 0 Å². The van der Waals surface area contributed by atoms with Crippen molar-refractivity contribution in [3.63, 3.8) is 0 Å². The van der Waals surface area contributed by atoms with Gasteiger partial charge in [0.2, 0.25) is 0 Å². The summed E-state index contributed by atoms with van der Waals surface area (Å²) in [5.41, 5.74) is -0.343. The molecule has 0 aromatic heterocycles. The van der Waals surface area contributed by atoms with Gasteiger partial charge in [-0.2, -0.15) is 17.0 Å². The van der Waals surface area contributed by atoms with Gasteiger partial charge < -0.3 is 0 Å². The molecule has 0 aliphatic heterocycles. The molecule has 0 heterocycles. The molecule has 0 amide bonds. The van der Waals surface area contributed by atoms with Gasteiger partial charge in [-0.1, -0.05) is 27.7 Å². The van der Waals surface area contributed by atoms with Crippen LogP contribution in [0, 0.1) is 17.2 Å². The van der Waals surface area contributed by atoms with Crippen molar-refractivity contribution in [1.29, 1.82) is 5.26 Å². The molecule has 1 fully saturated rings. The first kappa shape index (κ1) is 14.9. The van der Waals surface area contributed by atoms with E-state index in [9.17, 15) is 5.26 Å². The lowest BCUT2D eigenvalue weighted by Crippen LogP contribution is -2.44. The Balaban J connectivity index is 2.41. The average molecular weight is 254 g/mol. The number of hydrogen-bond acceptors (Lipinski definition) is 3. The molecule has 1 aliphatic carbocycles. The third-order valence-electron chi connectivity index (χ3n) is 3.43. The number of nitrogens with zero attached hydrogens (tertiary/aromatic N) is 1. The van der Waals surface area contributed by atoms with Gasteiger partial charge in [0.25, 0.3) is 0 Å². The van der Waals surface area contributed by atoms with E-state index in [1.165, 1.54) is 12.8 Å². The molecule has 1 rings (SSSR count). The van der Waals surface area contributed by atoms with Gasteiger partial charge in [-0.25, -0.2) is 0 Å². The van der Waals surface area contributed by atoms with Crippen LogP contribution in [0.2, 0.25) is 0 Å². The summed E-state index contributed by atoms with van der Waals surface area (Å²) >= 11 is 2.01. The van der Waals surface area contributed by atoms with E-state index < -0.39 is 0 Å². The second-order valence-corrected chi connectivity index (χ2v) is 7.78. The molecule has 17 heavy (non-hydrogen) atoms. The largest absolute Gasteiger partial charge is 0.297 e. The zero-order valence-electron chi connectivity index (χ0n) is 11.8. The lowest BCUT2D eigenvalue weighted by Gasteiger charge is -2.28. The molecule has 0 aromatic rings. The summed E-state index contributed by atoms with van der Waals surface area (Å²) < 4.78 is 0. The number of thioether (sulfide) groups is 1. The first-order chi connectivity index (χ1) is 7.86. The van der Waals surface area contributed by atoms with E-state index in [2.05, 4.69) is 39.1 Å². The molecule has 0 aromatic carbocycles. The molecule has 1 N–H and O–H groups in total. The maximum Gasteiger partial charge on any atom is 0.105 e. The Morgan fingerprint density at radius 1 is 1.35 bits per heavy atom. The predicted molar refractivity (Wildman–Crippen MR) is 76.1 cm³/mol. The molecule has 98 valence electrons. The minimum Gasteiger partial charge on any atom is -0.297 e. The van der Waals surface area contributed by atoms with Crippen molar-refractivity contribution in [2.24, 2.45) is 5.92 Å². The molecule has 1 saturated carbocycles. The summed E-state index contributed by atoms with van der Waals surface area (Å²) in [5, 5.41) is 14.0. The fourth-order valence-electron chi connectivity index (χ4n) is 1.96. The Morgan fingerprint density at radius 3 is 2.35 bits per heavy atom. The van der Waals surface area contributed by atoms with Crippen LogP contribution in [0.1, 0.15) is 53.9 Å². The van der Waals surface area contributed by atoms with Crippen molar-refractivity contribution < 1.29 is 0 Å². The first-order valence-electron chi connectivity index (χ1n) is 6.70. The van der Waals surface area contributed by atoms with E-state index in [1.807, 2.05) is 18.7 Å². The second kappa shape index (κ2) is 6.11. The molecule has 3 atom stereocenters. The summed E-state index contributed by atoms with van der Waals surface area (Å²) in [6.07, 6.45) is 3.41. The van der Waals surface area contributed by atoms with E-state index in [-0.39, 0.29) is 5.54 Å². The molecule has 1 aliphatic rings. The van der Waals surface area contributed by atoms with Crippen LogP contribution in [0.3, 0.4) is 0 Å². The van der Waals surface area contributed by atoms with Crippen molar-refractivity contribution in [2.45, 2.75) is 76.0 Å². The maximum atomic E-state index is 9.33. The molecule has 2 nitrogen and oxygen atoms in total. The SMILES string of the molecule is CC(CC(C)(C#N)NC1CC1)SC(C)C(C)C. The van der Waals surface area contributed by atoms with Crippen LogP contribution in [0.15, 0.2) is 0 Å². The summed E-state index contributed by atoms with van der Waals surface area (Å²) in [6.45, 7) is 11.1. The Morgan fingerprint density at radius 2 is 1.94 bits per heavy atom. The van der Waals surface area contributed by atoms with E-state index in [4.69, 9.17) is 0 Å².